The maximum absolute atomic E-state index is 12.2. The van der Waals surface area contributed by atoms with Crippen molar-refractivity contribution in [3.8, 4) is 0 Å². The number of rotatable bonds is 7. The zero-order valence-electron chi connectivity index (χ0n) is 14.0. The molecule has 1 amide bonds. The van der Waals surface area contributed by atoms with Gasteiger partial charge in [-0.3, -0.25) is 14.9 Å². The van der Waals surface area contributed by atoms with E-state index in [-0.39, 0.29) is 12.1 Å². The van der Waals surface area contributed by atoms with Gasteiger partial charge in [0.2, 0.25) is 0 Å². The number of aliphatic hydroxyl groups excluding tert-OH is 1. The van der Waals surface area contributed by atoms with E-state index in [1.165, 1.54) is 31.4 Å². The molecule has 0 unspecified atom stereocenters. The minimum absolute atomic E-state index is 0.0674. The predicted octanol–water partition coefficient (Wildman–Crippen LogP) is 1.53. The highest BCUT2D eigenvalue weighted by atomic mass is 16.6. The molecular formula is C18H18N2O6. The van der Waals surface area contributed by atoms with Crippen molar-refractivity contribution in [2.75, 3.05) is 7.11 Å². The van der Waals surface area contributed by atoms with Crippen molar-refractivity contribution in [2.24, 2.45) is 0 Å². The van der Waals surface area contributed by atoms with Gasteiger partial charge in [-0.25, -0.2) is 4.79 Å². The molecular weight excluding hydrogens is 340 g/mol. The first-order valence-electron chi connectivity index (χ1n) is 7.77. The maximum atomic E-state index is 12.2. The topological polar surface area (TPSA) is 119 Å². The number of benzene rings is 2. The van der Waals surface area contributed by atoms with Crippen LogP contribution in [0.2, 0.25) is 0 Å². The molecule has 8 nitrogen and oxygen atoms in total. The standard InChI is InChI=1S/C18H18N2O6/c1-26-18(23)15(11-12-7-9-14(10-8-12)20(24)25)19-17(22)16(21)13-5-3-2-4-6-13/h2-10,15-16,21H,11H2,1H3,(H,19,22)/t15-,16+/m1/s1. The zero-order chi connectivity index (χ0) is 19.1. The molecule has 0 aliphatic carbocycles. The van der Waals surface area contributed by atoms with Gasteiger partial charge in [0.1, 0.15) is 6.04 Å². The van der Waals surface area contributed by atoms with Crippen LogP contribution in [0.3, 0.4) is 0 Å². The van der Waals surface area contributed by atoms with Crippen molar-refractivity contribution in [1.82, 2.24) is 5.32 Å². The molecule has 2 aromatic rings. The number of hydrogen-bond donors (Lipinski definition) is 2. The maximum Gasteiger partial charge on any atom is 0.328 e. The van der Waals surface area contributed by atoms with Crippen molar-refractivity contribution < 1.29 is 24.4 Å². The monoisotopic (exact) mass is 358 g/mol. The van der Waals surface area contributed by atoms with Gasteiger partial charge in [-0.15, -0.1) is 0 Å². The first kappa shape index (κ1) is 19.1. The van der Waals surface area contributed by atoms with Gasteiger partial charge < -0.3 is 15.2 Å². The number of methoxy groups -OCH3 is 1. The molecule has 2 atom stereocenters. The van der Waals surface area contributed by atoms with E-state index in [1.54, 1.807) is 30.3 Å². The van der Waals surface area contributed by atoms with Crippen molar-refractivity contribution in [2.45, 2.75) is 18.6 Å². The molecule has 0 aliphatic rings. The number of carbonyl (C=O) groups excluding carboxylic acids is 2. The van der Waals surface area contributed by atoms with Gasteiger partial charge >= 0.3 is 5.97 Å². The number of aliphatic hydroxyl groups is 1. The quantitative estimate of drug-likeness (QED) is 0.440. The number of esters is 1. The summed E-state index contributed by atoms with van der Waals surface area (Å²) in [5, 5.41) is 23.3. The summed E-state index contributed by atoms with van der Waals surface area (Å²) in [5.41, 5.74) is 0.913. The van der Waals surface area contributed by atoms with E-state index in [1.807, 2.05) is 0 Å². The third kappa shape index (κ3) is 4.87. The van der Waals surface area contributed by atoms with Crippen LogP contribution in [0.15, 0.2) is 54.6 Å². The summed E-state index contributed by atoms with van der Waals surface area (Å²) < 4.78 is 4.69. The van der Waals surface area contributed by atoms with Crippen LogP contribution in [0, 0.1) is 10.1 Å². The summed E-state index contributed by atoms with van der Waals surface area (Å²) in [5.74, 6) is -1.43. The van der Waals surface area contributed by atoms with Gasteiger partial charge in [0.25, 0.3) is 11.6 Å². The second-order valence-corrected chi connectivity index (χ2v) is 5.53. The summed E-state index contributed by atoms with van der Waals surface area (Å²) in [7, 11) is 1.19. The Morgan fingerprint density at radius 3 is 2.31 bits per heavy atom. The Bertz CT molecular complexity index is 776. The lowest BCUT2D eigenvalue weighted by atomic mass is 10.0. The lowest BCUT2D eigenvalue weighted by Gasteiger charge is -2.19. The summed E-state index contributed by atoms with van der Waals surface area (Å²) in [6.45, 7) is 0. The van der Waals surface area contributed by atoms with Gasteiger partial charge in [0, 0.05) is 18.6 Å². The Hall–Kier alpha value is -3.26. The molecule has 0 saturated carbocycles. The van der Waals surface area contributed by atoms with E-state index >= 15 is 0 Å². The lowest BCUT2D eigenvalue weighted by molar-refractivity contribution is -0.384. The molecule has 0 spiro atoms. The first-order valence-corrected chi connectivity index (χ1v) is 7.77. The Labute approximate surface area is 149 Å². The predicted molar refractivity (Wildman–Crippen MR) is 92.1 cm³/mol. The van der Waals surface area contributed by atoms with Crippen LogP contribution in [0.4, 0.5) is 5.69 Å². The van der Waals surface area contributed by atoms with Crippen LogP contribution < -0.4 is 5.32 Å². The van der Waals surface area contributed by atoms with Crippen LogP contribution in [-0.2, 0) is 20.7 Å². The average molecular weight is 358 g/mol. The molecule has 8 heteroatoms. The molecule has 0 aromatic heterocycles. The molecule has 0 heterocycles. The minimum Gasteiger partial charge on any atom is -0.467 e. The molecule has 0 radical (unpaired) electrons. The smallest absolute Gasteiger partial charge is 0.328 e. The van der Waals surface area contributed by atoms with E-state index in [4.69, 9.17) is 0 Å². The van der Waals surface area contributed by atoms with Crippen LogP contribution in [0.5, 0.6) is 0 Å². The highest BCUT2D eigenvalue weighted by Crippen LogP contribution is 2.15. The van der Waals surface area contributed by atoms with Crippen molar-refractivity contribution >= 4 is 17.6 Å². The van der Waals surface area contributed by atoms with E-state index in [0.29, 0.717) is 11.1 Å². The van der Waals surface area contributed by atoms with Crippen LogP contribution in [-0.4, -0.2) is 35.1 Å². The van der Waals surface area contributed by atoms with Gasteiger partial charge in [-0.05, 0) is 11.1 Å². The Kier molecular flexibility index (Phi) is 6.40. The number of ether oxygens (including phenoxy) is 1. The van der Waals surface area contributed by atoms with Gasteiger partial charge in [0.05, 0.1) is 12.0 Å². The zero-order valence-corrected chi connectivity index (χ0v) is 14.0. The van der Waals surface area contributed by atoms with E-state index in [2.05, 4.69) is 10.1 Å². The third-order valence-electron chi connectivity index (χ3n) is 3.75. The number of nitro benzene ring substituents is 1. The van der Waals surface area contributed by atoms with Crippen LogP contribution in [0.1, 0.15) is 17.2 Å². The molecule has 0 aliphatic heterocycles. The van der Waals surface area contributed by atoms with Crippen molar-refractivity contribution in [3.63, 3.8) is 0 Å². The molecule has 26 heavy (non-hydrogen) atoms. The van der Waals surface area contributed by atoms with E-state index in [0.717, 1.165) is 0 Å². The van der Waals surface area contributed by atoms with Crippen molar-refractivity contribution in [3.05, 3.63) is 75.8 Å². The number of non-ortho nitro benzene ring substituents is 1. The number of amides is 1. The number of nitrogens with zero attached hydrogens (tertiary/aromatic N) is 1. The summed E-state index contributed by atoms with van der Waals surface area (Å²) in [6.07, 6.45) is -1.36. The van der Waals surface area contributed by atoms with E-state index in [9.17, 15) is 24.8 Å². The fourth-order valence-electron chi connectivity index (χ4n) is 2.36. The normalized spacial score (nSPS) is 12.7. The Morgan fingerprint density at radius 1 is 1.15 bits per heavy atom. The molecule has 0 saturated heterocycles. The van der Waals surface area contributed by atoms with E-state index < -0.39 is 28.9 Å². The van der Waals surface area contributed by atoms with Gasteiger partial charge in [-0.1, -0.05) is 42.5 Å². The second-order valence-electron chi connectivity index (χ2n) is 5.53. The molecule has 2 rings (SSSR count). The molecule has 0 fully saturated rings. The number of nitrogens with one attached hydrogen (secondary N) is 1. The first-order chi connectivity index (χ1) is 12.4. The summed E-state index contributed by atoms with van der Waals surface area (Å²) in [4.78, 5) is 34.4. The number of carbonyl (C=O) groups is 2. The fraction of sp³-hybridized carbons (Fsp3) is 0.222. The van der Waals surface area contributed by atoms with Gasteiger partial charge in [0.15, 0.2) is 6.10 Å². The summed E-state index contributed by atoms with van der Waals surface area (Å²) >= 11 is 0. The van der Waals surface area contributed by atoms with Crippen molar-refractivity contribution in [1.29, 1.82) is 0 Å². The highest BCUT2D eigenvalue weighted by molar-refractivity contribution is 5.87. The lowest BCUT2D eigenvalue weighted by Crippen LogP contribution is -2.45. The minimum atomic E-state index is -1.43. The molecule has 136 valence electrons. The largest absolute Gasteiger partial charge is 0.467 e. The number of nitro groups is 1. The average Bonchev–Trinajstić information content (AvgIpc) is 2.67. The van der Waals surface area contributed by atoms with Gasteiger partial charge in [-0.2, -0.15) is 0 Å². The summed E-state index contributed by atoms with van der Waals surface area (Å²) in [6, 6.07) is 12.9. The van der Waals surface area contributed by atoms with Crippen LogP contribution in [0.25, 0.3) is 0 Å². The highest BCUT2D eigenvalue weighted by Gasteiger charge is 2.26. The van der Waals surface area contributed by atoms with Crippen LogP contribution >= 0.6 is 0 Å². The fourth-order valence-corrected chi connectivity index (χ4v) is 2.36. The number of hydrogen-bond acceptors (Lipinski definition) is 6. The Balaban J connectivity index is 2.10. The SMILES string of the molecule is COC(=O)[C@@H](Cc1ccc([N+](=O)[O-])cc1)NC(=O)[C@@H](O)c1ccccc1. The second kappa shape index (κ2) is 8.72. The molecule has 2 N–H and O–H groups in total. The molecule has 0 bridgehead atoms. The third-order valence-corrected chi connectivity index (χ3v) is 3.75. The Morgan fingerprint density at radius 2 is 1.77 bits per heavy atom. The molecule has 2 aromatic carbocycles.